The molecule has 0 heterocycles. The van der Waals surface area contributed by atoms with Gasteiger partial charge in [0.15, 0.2) is 0 Å². The van der Waals surface area contributed by atoms with Crippen LogP contribution in [0.5, 0.6) is 0 Å². The van der Waals surface area contributed by atoms with Crippen LogP contribution in [0.15, 0.2) is 60.4 Å². The first-order valence-corrected chi connectivity index (χ1v) is 8.96. The smallest absolute Gasteiger partial charge is 0.123 e. The molecule has 0 amide bonds. The Kier molecular flexibility index (Phi) is 8.53. The molecule has 24 heavy (non-hydrogen) atoms. The Bertz CT molecular complexity index is 560. The third-order valence-corrected chi connectivity index (χ3v) is 4.68. The van der Waals surface area contributed by atoms with Gasteiger partial charge >= 0.3 is 0 Å². The molecule has 0 saturated heterocycles. The van der Waals surface area contributed by atoms with E-state index in [9.17, 15) is 4.39 Å². The number of methoxy groups -OCH3 is 1. The molecule has 0 N–H and O–H groups in total. The molecule has 0 unspecified atom stereocenters. The highest BCUT2D eigenvalue weighted by Crippen LogP contribution is 2.45. The molecule has 1 aromatic rings. The van der Waals surface area contributed by atoms with Crippen molar-refractivity contribution in [3.05, 3.63) is 71.8 Å². The number of benzene rings is 1. The highest BCUT2D eigenvalue weighted by Gasteiger charge is 2.36. The highest BCUT2D eigenvalue weighted by molar-refractivity contribution is 5.43. The molecule has 2 heteroatoms. The zero-order valence-corrected chi connectivity index (χ0v) is 15.6. The first-order valence-electron chi connectivity index (χ1n) is 8.96. The molecule has 0 aromatic heterocycles. The maximum Gasteiger partial charge on any atom is 0.123 e. The van der Waals surface area contributed by atoms with Crippen LogP contribution >= 0.6 is 0 Å². The topological polar surface area (TPSA) is 9.23 Å². The molecule has 1 nitrogen and oxygen atoms in total. The van der Waals surface area contributed by atoms with Crippen LogP contribution in [0.4, 0.5) is 4.39 Å². The second-order valence-electron chi connectivity index (χ2n) is 5.90. The van der Waals surface area contributed by atoms with Crippen LogP contribution in [0, 0.1) is 5.82 Å². The Balaban J connectivity index is 0.00000139. The summed E-state index contributed by atoms with van der Waals surface area (Å²) in [5, 5.41) is 0. The number of hydrogen-bond acceptors (Lipinski definition) is 1. The van der Waals surface area contributed by atoms with Gasteiger partial charge in [-0.2, -0.15) is 0 Å². The maximum atomic E-state index is 13.3. The molecule has 1 fully saturated rings. The van der Waals surface area contributed by atoms with Crippen LogP contribution in [-0.2, 0) is 10.2 Å². The van der Waals surface area contributed by atoms with Crippen LogP contribution in [-0.4, -0.2) is 7.11 Å². The van der Waals surface area contributed by atoms with Gasteiger partial charge in [-0.15, -0.1) is 0 Å². The summed E-state index contributed by atoms with van der Waals surface area (Å²) in [4.78, 5) is 0. The summed E-state index contributed by atoms with van der Waals surface area (Å²) < 4.78 is 18.4. The SMILES string of the molecule is C=C(/C=C\C(=C/C)C1(c2ccc(F)cc2)CCCCC1)OC.CC. The first kappa shape index (κ1) is 20.2. The number of ether oxygens (including phenoxy) is 1. The Morgan fingerprint density at radius 3 is 2.17 bits per heavy atom. The molecule has 2 rings (SSSR count). The number of allylic oxidation sites excluding steroid dienone is 4. The standard InChI is InChI=1S/C20H25FO.C2H6/c1-4-17(9-8-16(2)22-3)20(14-6-5-7-15-20)18-10-12-19(21)13-11-18;1-2/h4,8-13H,2,5-7,14-15H2,1,3H3;1-2H3/b9-8-,17-4+;. The molecule has 0 bridgehead atoms. The minimum absolute atomic E-state index is 0.0226. The van der Waals surface area contributed by atoms with Crippen LogP contribution in [0.3, 0.4) is 0 Å². The molecule has 1 aromatic carbocycles. The summed E-state index contributed by atoms with van der Waals surface area (Å²) in [6, 6.07) is 7.00. The van der Waals surface area contributed by atoms with Gasteiger partial charge in [-0.1, -0.05) is 64.0 Å². The van der Waals surface area contributed by atoms with Crippen molar-refractivity contribution in [1.82, 2.24) is 0 Å². The Hall–Kier alpha value is -1.83. The van der Waals surface area contributed by atoms with Gasteiger partial charge in [0.05, 0.1) is 7.11 Å². The second-order valence-corrected chi connectivity index (χ2v) is 5.90. The summed E-state index contributed by atoms with van der Waals surface area (Å²) in [7, 11) is 1.62. The lowest BCUT2D eigenvalue weighted by Crippen LogP contribution is -2.30. The average Bonchev–Trinajstić information content (AvgIpc) is 2.65. The maximum absolute atomic E-state index is 13.3. The third-order valence-electron chi connectivity index (χ3n) is 4.68. The van der Waals surface area contributed by atoms with E-state index in [-0.39, 0.29) is 11.2 Å². The van der Waals surface area contributed by atoms with Gasteiger partial charge in [0.25, 0.3) is 0 Å². The molecule has 132 valence electrons. The van der Waals surface area contributed by atoms with Gasteiger partial charge in [0.1, 0.15) is 11.6 Å². The molecule has 0 radical (unpaired) electrons. The zero-order chi connectivity index (χ0) is 18.0. The van der Waals surface area contributed by atoms with Crippen molar-refractivity contribution >= 4 is 0 Å². The summed E-state index contributed by atoms with van der Waals surface area (Å²) in [5.74, 6) is 0.462. The third kappa shape index (κ3) is 4.83. The lowest BCUT2D eigenvalue weighted by Gasteiger charge is -2.39. The van der Waals surface area contributed by atoms with Crippen LogP contribution in [0.2, 0.25) is 0 Å². The van der Waals surface area contributed by atoms with E-state index < -0.39 is 0 Å². The van der Waals surface area contributed by atoms with Crippen molar-refractivity contribution in [2.24, 2.45) is 0 Å². The largest absolute Gasteiger partial charge is 0.497 e. The number of hydrogen-bond donors (Lipinski definition) is 0. The molecular weight excluding hydrogens is 299 g/mol. The molecule has 0 spiro atoms. The predicted octanol–water partition coefficient (Wildman–Crippen LogP) is 6.72. The summed E-state index contributed by atoms with van der Waals surface area (Å²) in [6.45, 7) is 9.91. The lowest BCUT2D eigenvalue weighted by molar-refractivity contribution is 0.308. The highest BCUT2D eigenvalue weighted by atomic mass is 19.1. The van der Waals surface area contributed by atoms with Crippen molar-refractivity contribution in [2.45, 2.75) is 58.3 Å². The Morgan fingerprint density at radius 1 is 1.08 bits per heavy atom. The van der Waals surface area contributed by atoms with E-state index in [1.165, 1.54) is 30.4 Å². The lowest BCUT2D eigenvalue weighted by atomic mass is 9.64. The minimum atomic E-state index is -0.181. The molecule has 1 aliphatic carbocycles. The van der Waals surface area contributed by atoms with E-state index in [4.69, 9.17) is 4.74 Å². The fourth-order valence-corrected chi connectivity index (χ4v) is 3.45. The van der Waals surface area contributed by atoms with E-state index in [2.05, 4.69) is 25.7 Å². The summed E-state index contributed by atoms with van der Waals surface area (Å²) >= 11 is 0. The zero-order valence-electron chi connectivity index (χ0n) is 15.6. The molecule has 0 atom stereocenters. The van der Waals surface area contributed by atoms with Crippen LogP contribution < -0.4 is 0 Å². The van der Waals surface area contributed by atoms with Crippen molar-refractivity contribution < 1.29 is 9.13 Å². The van der Waals surface area contributed by atoms with Gasteiger partial charge in [0, 0.05) is 5.41 Å². The monoisotopic (exact) mass is 330 g/mol. The van der Waals surface area contributed by atoms with E-state index >= 15 is 0 Å². The summed E-state index contributed by atoms with van der Waals surface area (Å²) in [5.41, 5.74) is 2.44. The molecule has 0 aliphatic heterocycles. The Labute approximate surface area is 146 Å². The fourth-order valence-electron chi connectivity index (χ4n) is 3.45. The van der Waals surface area contributed by atoms with Crippen molar-refractivity contribution in [3.63, 3.8) is 0 Å². The summed E-state index contributed by atoms with van der Waals surface area (Å²) in [6.07, 6.45) is 12.0. The van der Waals surface area contributed by atoms with E-state index in [0.29, 0.717) is 5.76 Å². The normalized spacial score (nSPS) is 17.1. The van der Waals surface area contributed by atoms with Gasteiger partial charge in [-0.25, -0.2) is 4.39 Å². The van der Waals surface area contributed by atoms with Gasteiger partial charge in [-0.05, 0) is 49.1 Å². The second kappa shape index (κ2) is 10.1. The van der Waals surface area contributed by atoms with Crippen molar-refractivity contribution in [3.8, 4) is 0 Å². The van der Waals surface area contributed by atoms with Gasteiger partial charge < -0.3 is 4.74 Å². The molecule has 1 saturated carbocycles. The van der Waals surface area contributed by atoms with Gasteiger partial charge in [-0.3, -0.25) is 0 Å². The number of halogens is 1. The Morgan fingerprint density at radius 2 is 1.67 bits per heavy atom. The van der Waals surface area contributed by atoms with Crippen molar-refractivity contribution in [1.29, 1.82) is 0 Å². The van der Waals surface area contributed by atoms with Gasteiger partial charge in [0.2, 0.25) is 0 Å². The predicted molar refractivity (Wildman–Crippen MR) is 102 cm³/mol. The van der Waals surface area contributed by atoms with E-state index in [1.807, 2.05) is 32.1 Å². The average molecular weight is 330 g/mol. The molecular formula is C22H31FO. The minimum Gasteiger partial charge on any atom is -0.497 e. The van der Waals surface area contributed by atoms with E-state index in [1.54, 1.807) is 19.2 Å². The van der Waals surface area contributed by atoms with Crippen molar-refractivity contribution in [2.75, 3.05) is 7.11 Å². The van der Waals surface area contributed by atoms with Crippen LogP contribution in [0.25, 0.3) is 0 Å². The molecule has 1 aliphatic rings. The first-order chi connectivity index (χ1) is 11.6. The van der Waals surface area contributed by atoms with Crippen LogP contribution in [0.1, 0.15) is 58.4 Å². The van der Waals surface area contributed by atoms with E-state index in [0.717, 1.165) is 12.8 Å². The fraction of sp³-hybridized carbons (Fsp3) is 0.455. The quantitative estimate of drug-likeness (QED) is 0.430. The number of rotatable bonds is 5.